The Labute approximate surface area is 180 Å². The molecule has 3 rings (SSSR count). The number of carbonyl (C=O) groups is 2. The zero-order chi connectivity index (χ0) is 21.7. The molecule has 6 nitrogen and oxygen atoms in total. The summed E-state index contributed by atoms with van der Waals surface area (Å²) in [5.41, 5.74) is 7.21. The van der Waals surface area contributed by atoms with E-state index in [1.807, 2.05) is 38.1 Å². The quantitative estimate of drug-likeness (QED) is 0.715. The summed E-state index contributed by atoms with van der Waals surface area (Å²) in [4.78, 5) is 28.0. The summed E-state index contributed by atoms with van der Waals surface area (Å²) < 4.78 is 5.40. The van der Waals surface area contributed by atoms with E-state index < -0.39 is 12.1 Å². The first-order chi connectivity index (χ1) is 14.4. The zero-order valence-corrected chi connectivity index (χ0v) is 18.6. The molecule has 1 heterocycles. The van der Waals surface area contributed by atoms with Crippen LogP contribution < -0.4 is 15.8 Å². The van der Waals surface area contributed by atoms with Crippen LogP contribution in [-0.2, 0) is 9.59 Å². The molecule has 0 bridgehead atoms. The molecule has 0 spiro atoms. The molecule has 1 aromatic rings. The van der Waals surface area contributed by atoms with Crippen molar-refractivity contribution in [3.05, 3.63) is 29.8 Å². The third-order valence-corrected chi connectivity index (χ3v) is 6.64. The molecule has 2 fully saturated rings. The third-order valence-electron chi connectivity index (χ3n) is 6.64. The topological polar surface area (TPSA) is 84.7 Å². The molecule has 0 aromatic heterocycles. The van der Waals surface area contributed by atoms with Gasteiger partial charge in [0.15, 0.2) is 0 Å². The monoisotopic (exact) mass is 415 g/mol. The summed E-state index contributed by atoms with van der Waals surface area (Å²) in [5.74, 6) is 1.62. The first-order valence-electron chi connectivity index (χ1n) is 11.4. The molecule has 1 aliphatic carbocycles. The van der Waals surface area contributed by atoms with Crippen LogP contribution in [0.5, 0.6) is 5.75 Å². The summed E-state index contributed by atoms with van der Waals surface area (Å²) in [6.07, 6.45) is 7.18. The average Bonchev–Trinajstić information content (AvgIpc) is 3.19. The van der Waals surface area contributed by atoms with Gasteiger partial charge < -0.3 is 20.7 Å². The van der Waals surface area contributed by atoms with E-state index >= 15 is 0 Å². The smallest absolute Gasteiger partial charge is 0.243 e. The first-order valence-corrected chi connectivity index (χ1v) is 11.4. The highest BCUT2D eigenvalue weighted by molar-refractivity contribution is 5.88. The van der Waals surface area contributed by atoms with Gasteiger partial charge in [0.1, 0.15) is 11.8 Å². The molecule has 1 aliphatic heterocycles. The fraction of sp³-hybridized carbons (Fsp3) is 0.667. The summed E-state index contributed by atoms with van der Waals surface area (Å²) in [6, 6.07) is 6.74. The van der Waals surface area contributed by atoms with Gasteiger partial charge in [0.2, 0.25) is 11.8 Å². The van der Waals surface area contributed by atoms with Gasteiger partial charge in [-0.1, -0.05) is 50.3 Å². The van der Waals surface area contributed by atoms with Crippen molar-refractivity contribution in [3.63, 3.8) is 0 Å². The molecule has 3 atom stereocenters. The summed E-state index contributed by atoms with van der Waals surface area (Å²) >= 11 is 0. The Morgan fingerprint density at radius 2 is 1.87 bits per heavy atom. The first kappa shape index (κ1) is 22.6. The van der Waals surface area contributed by atoms with Crippen molar-refractivity contribution < 1.29 is 14.3 Å². The van der Waals surface area contributed by atoms with Crippen LogP contribution in [0.15, 0.2) is 24.3 Å². The van der Waals surface area contributed by atoms with Gasteiger partial charge in [-0.2, -0.15) is 0 Å². The molecule has 30 heavy (non-hydrogen) atoms. The Morgan fingerprint density at radius 3 is 2.53 bits per heavy atom. The van der Waals surface area contributed by atoms with E-state index in [0.29, 0.717) is 24.1 Å². The van der Waals surface area contributed by atoms with E-state index in [4.69, 9.17) is 10.5 Å². The van der Waals surface area contributed by atoms with Gasteiger partial charge in [-0.15, -0.1) is 0 Å². The molecular formula is C24H37N3O3. The highest BCUT2D eigenvalue weighted by atomic mass is 16.5. The van der Waals surface area contributed by atoms with E-state index in [-0.39, 0.29) is 24.3 Å². The number of likely N-dealkylation sites (tertiary alicyclic amines) is 1. The van der Waals surface area contributed by atoms with Gasteiger partial charge in [0.25, 0.3) is 0 Å². The number of nitrogens with one attached hydrogen (secondary N) is 1. The van der Waals surface area contributed by atoms with Crippen molar-refractivity contribution >= 4 is 11.8 Å². The summed E-state index contributed by atoms with van der Waals surface area (Å²) in [6.45, 7) is 4.57. The van der Waals surface area contributed by atoms with E-state index in [9.17, 15) is 9.59 Å². The number of methoxy groups -OCH3 is 1. The lowest BCUT2D eigenvalue weighted by molar-refractivity contribution is -0.139. The second-order valence-electron chi connectivity index (χ2n) is 9.17. The average molecular weight is 416 g/mol. The van der Waals surface area contributed by atoms with Gasteiger partial charge in [0.05, 0.1) is 7.11 Å². The second-order valence-corrected chi connectivity index (χ2v) is 9.17. The molecule has 166 valence electrons. The van der Waals surface area contributed by atoms with Crippen molar-refractivity contribution in [3.8, 4) is 5.75 Å². The second kappa shape index (κ2) is 10.3. The van der Waals surface area contributed by atoms with E-state index in [1.54, 1.807) is 12.0 Å². The number of hydrogen-bond donors (Lipinski definition) is 2. The van der Waals surface area contributed by atoms with Crippen LogP contribution in [0.2, 0.25) is 0 Å². The van der Waals surface area contributed by atoms with Crippen molar-refractivity contribution in [2.45, 2.75) is 76.9 Å². The Kier molecular flexibility index (Phi) is 7.75. The zero-order valence-electron chi connectivity index (χ0n) is 18.6. The van der Waals surface area contributed by atoms with Gasteiger partial charge in [0, 0.05) is 30.6 Å². The number of rotatable bonds is 7. The SMILES string of the molecule is COc1ccccc1C(N)CC(=O)N1CC(C2CCCCC2)C[C@H]1C(=O)NC(C)C. The third kappa shape index (κ3) is 5.34. The van der Waals surface area contributed by atoms with E-state index in [1.165, 1.54) is 32.1 Å². The van der Waals surface area contributed by atoms with Crippen molar-refractivity contribution in [2.24, 2.45) is 17.6 Å². The molecule has 1 saturated heterocycles. The number of nitrogens with two attached hydrogens (primary N) is 1. The molecule has 2 amide bonds. The normalized spacial score (nSPS) is 23.4. The predicted octanol–water partition coefficient (Wildman–Crippen LogP) is 3.41. The minimum atomic E-state index is -0.462. The summed E-state index contributed by atoms with van der Waals surface area (Å²) in [7, 11) is 1.61. The van der Waals surface area contributed by atoms with Crippen molar-refractivity contribution in [1.82, 2.24) is 10.2 Å². The van der Waals surface area contributed by atoms with Crippen LogP contribution in [0.1, 0.15) is 70.4 Å². The molecule has 0 radical (unpaired) electrons. The highest BCUT2D eigenvalue weighted by Crippen LogP contribution is 2.38. The molecule has 6 heteroatoms. The fourth-order valence-corrected chi connectivity index (χ4v) is 5.11. The number of para-hydroxylation sites is 1. The Morgan fingerprint density at radius 1 is 1.17 bits per heavy atom. The summed E-state index contributed by atoms with van der Waals surface area (Å²) in [5, 5.41) is 3.01. The lowest BCUT2D eigenvalue weighted by Crippen LogP contribution is -2.48. The lowest BCUT2D eigenvalue weighted by atomic mass is 9.79. The maximum Gasteiger partial charge on any atom is 0.243 e. The number of carbonyl (C=O) groups excluding carboxylic acids is 2. The predicted molar refractivity (Wildman–Crippen MR) is 118 cm³/mol. The maximum absolute atomic E-state index is 13.3. The van der Waals surface area contributed by atoms with Crippen LogP contribution in [0.4, 0.5) is 0 Å². The van der Waals surface area contributed by atoms with Crippen LogP contribution in [0.3, 0.4) is 0 Å². The number of ether oxygens (including phenoxy) is 1. The van der Waals surface area contributed by atoms with Gasteiger partial charge in [-0.05, 0) is 38.2 Å². The number of benzene rings is 1. The molecule has 3 N–H and O–H groups in total. The van der Waals surface area contributed by atoms with Crippen LogP contribution >= 0.6 is 0 Å². The number of nitrogens with zero attached hydrogens (tertiary/aromatic N) is 1. The minimum Gasteiger partial charge on any atom is -0.496 e. The lowest BCUT2D eigenvalue weighted by Gasteiger charge is -2.28. The van der Waals surface area contributed by atoms with Crippen LogP contribution in [-0.4, -0.2) is 42.5 Å². The Hall–Kier alpha value is -2.08. The standard InChI is InChI=1S/C24H37N3O3/c1-16(2)26-24(29)21-13-18(17-9-5-4-6-10-17)15-27(21)23(28)14-20(25)19-11-7-8-12-22(19)30-3/h7-8,11-12,16-18,20-21H,4-6,9-10,13-15,25H2,1-3H3,(H,26,29)/t18?,20?,21-/m0/s1. The Bertz CT molecular complexity index is 730. The molecule has 2 unspecified atom stereocenters. The van der Waals surface area contributed by atoms with Crippen LogP contribution in [0.25, 0.3) is 0 Å². The Balaban J connectivity index is 1.73. The van der Waals surface area contributed by atoms with Crippen molar-refractivity contribution in [2.75, 3.05) is 13.7 Å². The molecular weight excluding hydrogens is 378 g/mol. The van der Waals surface area contributed by atoms with Crippen molar-refractivity contribution in [1.29, 1.82) is 0 Å². The number of hydrogen-bond acceptors (Lipinski definition) is 4. The molecule has 1 aromatic carbocycles. The van der Waals surface area contributed by atoms with Gasteiger partial charge in [-0.25, -0.2) is 0 Å². The fourth-order valence-electron chi connectivity index (χ4n) is 5.11. The van der Waals surface area contributed by atoms with Gasteiger partial charge >= 0.3 is 0 Å². The van der Waals surface area contributed by atoms with Crippen LogP contribution in [0, 0.1) is 11.8 Å². The molecule has 2 aliphatic rings. The maximum atomic E-state index is 13.3. The van der Waals surface area contributed by atoms with E-state index in [0.717, 1.165) is 12.0 Å². The highest BCUT2D eigenvalue weighted by Gasteiger charge is 2.42. The van der Waals surface area contributed by atoms with Gasteiger partial charge in [-0.3, -0.25) is 9.59 Å². The molecule has 1 saturated carbocycles. The minimum absolute atomic E-state index is 0.0393. The number of amides is 2. The largest absolute Gasteiger partial charge is 0.496 e. The van der Waals surface area contributed by atoms with E-state index in [2.05, 4.69) is 5.32 Å².